The van der Waals surface area contributed by atoms with Crippen LogP contribution in [0.15, 0.2) is 36.5 Å². The first-order valence-electron chi connectivity index (χ1n) is 8.63. The van der Waals surface area contributed by atoms with Gasteiger partial charge in [-0.1, -0.05) is 24.3 Å². The van der Waals surface area contributed by atoms with Gasteiger partial charge in [0.05, 0.1) is 5.52 Å². The zero-order valence-corrected chi connectivity index (χ0v) is 16.0. The number of piperidine rings is 1. The number of carbonyl (C=O) groups is 1. The molecule has 0 saturated carbocycles. The predicted octanol–water partition coefficient (Wildman–Crippen LogP) is 3.52. The zero-order chi connectivity index (χ0) is 15.9. The topological polar surface area (TPSA) is 54.0 Å². The van der Waals surface area contributed by atoms with Crippen LogP contribution in [0.4, 0.5) is 0 Å². The summed E-state index contributed by atoms with van der Waals surface area (Å²) in [6.07, 6.45) is 6.72. The van der Waals surface area contributed by atoms with Crippen molar-refractivity contribution in [3.05, 3.63) is 42.1 Å². The van der Waals surface area contributed by atoms with Gasteiger partial charge in [-0.3, -0.25) is 9.78 Å². The van der Waals surface area contributed by atoms with Gasteiger partial charge in [-0.15, -0.1) is 24.8 Å². The van der Waals surface area contributed by atoms with Crippen molar-refractivity contribution in [2.45, 2.75) is 32.1 Å². The van der Waals surface area contributed by atoms with Crippen molar-refractivity contribution in [2.75, 3.05) is 19.6 Å². The van der Waals surface area contributed by atoms with E-state index in [0.29, 0.717) is 18.9 Å². The lowest BCUT2D eigenvalue weighted by molar-refractivity contribution is -0.121. The number of hydrogen-bond donors (Lipinski definition) is 2. The highest BCUT2D eigenvalue weighted by Gasteiger charge is 2.14. The molecule has 2 heterocycles. The van der Waals surface area contributed by atoms with Gasteiger partial charge < -0.3 is 10.6 Å². The molecule has 6 heteroatoms. The second kappa shape index (κ2) is 11.3. The lowest BCUT2D eigenvalue weighted by Crippen LogP contribution is -2.30. The lowest BCUT2D eigenvalue weighted by Gasteiger charge is -2.22. The molecule has 1 amide bonds. The Hall–Kier alpha value is -1.36. The standard InChI is InChI=1S/C19H25N3O.2ClH/c23-18(7-6-15-8-12-20-13-9-15)21-14-10-17-4-1-3-16-5-2-11-22-19(16)17;;/h1-5,11,15,20H,6-10,12-14H2,(H,21,23);2*1H. The number of nitrogens with one attached hydrogen (secondary N) is 2. The number of nitrogens with zero attached hydrogens (tertiary/aromatic N) is 1. The molecule has 0 radical (unpaired) electrons. The Morgan fingerprint density at radius 1 is 1.16 bits per heavy atom. The Morgan fingerprint density at radius 3 is 2.72 bits per heavy atom. The van der Waals surface area contributed by atoms with E-state index in [-0.39, 0.29) is 30.7 Å². The summed E-state index contributed by atoms with van der Waals surface area (Å²) < 4.78 is 0. The quantitative estimate of drug-likeness (QED) is 0.801. The summed E-state index contributed by atoms with van der Waals surface area (Å²) in [6.45, 7) is 2.88. The maximum atomic E-state index is 12.0. The highest BCUT2D eigenvalue weighted by Crippen LogP contribution is 2.18. The number of carbonyl (C=O) groups excluding carboxylic acids is 1. The average molecular weight is 384 g/mol. The minimum absolute atomic E-state index is 0. The Morgan fingerprint density at radius 2 is 1.92 bits per heavy atom. The molecule has 0 atom stereocenters. The Balaban J connectivity index is 0.00000156. The molecule has 1 aromatic heterocycles. The average Bonchev–Trinajstić information content (AvgIpc) is 2.61. The number of aromatic nitrogens is 1. The molecular formula is C19H27Cl2N3O. The van der Waals surface area contributed by atoms with Crippen molar-refractivity contribution in [1.29, 1.82) is 0 Å². The van der Waals surface area contributed by atoms with Crippen LogP contribution in [-0.4, -0.2) is 30.5 Å². The van der Waals surface area contributed by atoms with Crippen LogP contribution in [0.5, 0.6) is 0 Å². The molecule has 1 saturated heterocycles. The van der Waals surface area contributed by atoms with Gasteiger partial charge >= 0.3 is 0 Å². The van der Waals surface area contributed by atoms with E-state index in [4.69, 9.17) is 0 Å². The summed E-state index contributed by atoms with van der Waals surface area (Å²) in [6, 6.07) is 10.2. The molecule has 4 nitrogen and oxygen atoms in total. The number of fused-ring (bicyclic) bond motifs is 1. The first-order valence-corrected chi connectivity index (χ1v) is 8.63. The van der Waals surface area contributed by atoms with Gasteiger partial charge in [0, 0.05) is 24.5 Å². The highest BCUT2D eigenvalue weighted by atomic mass is 35.5. The maximum absolute atomic E-state index is 12.0. The molecular weight excluding hydrogens is 357 g/mol. The molecule has 0 spiro atoms. The van der Waals surface area contributed by atoms with Crippen LogP contribution >= 0.6 is 24.8 Å². The molecule has 1 aliphatic rings. The summed E-state index contributed by atoms with van der Waals surface area (Å²) in [5.41, 5.74) is 2.24. The van der Waals surface area contributed by atoms with Crippen LogP contribution in [-0.2, 0) is 11.2 Å². The van der Waals surface area contributed by atoms with Crippen LogP contribution < -0.4 is 10.6 Å². The molecule has 25 heavy (non-hydrogen) atoms. The number of para-hydroxylation sites is 1. The monoisotopic (exact) mass is 383 g/mol. The number of hydrogen-bond acceptors (Lipinski definition) is 3. The third-order valence-corrected chi connectivity index (χ3v) is 4.67. The predicted molar refractivity (Wildman–Crippen MR) is 108 cm³/mol. The summed E-state index contributed by atoms with van der Waals surface area (Å²) in [7, 11) is 0. The minimum Gasteiger partial charge on any atom is -0.356 e. The van der Waals surface area contributed by atoms with Crippen LogP contribution in [0.1, 0.15) is 31.2 Å². The van der Waals surface area contributed by atoms with Gasteiger partial charge in [-0.05, 0) is 56.3 Å². The second-order valence-corrected chi connectivity index (χ2v) is 6.32. The maximum Gasteiger partial charge on any atom is 0.220 e. The molecule has 2 aromatic rings. The normalized spacial score (nSPS) is 14.4. The van der Waals surface area contributed by atoms with Crippen molar-refractivity contribution in [3.8, 4) is 0 Å². The van der Waals surface area contributed by atoms with E-state index < -0.39 is 0 Å². The van der Waals surface area contributed by atoms with E-state index in [1.807, 2.05) is 12.3 Å². The highest BCUT2D eigenvalue weighted by molar-refractivity contribution is 5.85. The molecule has 1 aromatic carbocycles. The number of pyridine rings is 1. The van der Waals surface area contributed by atoms with E-state index >= 15 is 0 Å². The minimum atomic E-state index is 0. The number of amides is 1. The zero-order valence-electron chi connectivity index (χ0n) is 14.4. The Kier molecular flexibility index (Phi) is 9.79. The van der Waals surface area contributed by atoms with Crippen molar-refractivity contribution >= 4 is 41.6 Å². The molecule has 0 aliphatic carbocycles. The third kappa shape index (κ3) is 6.46. The van der Waals surface area contributed by atoms with Crippen molar-refractivity contribution in [1.82, 2.24) is 15.6 Å². The van der Waals surface area contributed by atoms with Crippen molar-refractivity contribution in [2.24, 2.45) is 5.92 Å². The Bertz CT molecular complexity index is 655. The SMILES string of the molecule is Cl.Cl.O=C(CCC1CCNCC1)NCCc1cccc2cccnc12. The molecule has 3 rings (SSSR count). The van der Waals surface area contributed by atoms with Gasteiger partial charge in [0.15, 0.2) is 0 Å². The third-order valence-electron chi connectivity index (χ3n) is 4.67. The number of benzene rings is 1. The van der Waals surface area contributed by atoms with E-state index in [1.165, 1.54) is 18.4 Å². The molecule has 2 N–H and O–H groups in total. The molecule has 138 valence electrons. The van der Waals surface area contributed by atoms with E-state index in [0.717, 1.165) is 36.8 Å². The fourth-order valence-corrected chi connectivity index (χ4v) is 3.30. The van der Waals surface area contributed by atoms with Gasteiger partial charge in [-0.2, -0.15) is 0 Å². The lowest BCUT2D eigenvalue weighted by atomic mass is 9.93. The van der Waals surface area contributed by atoms with E-state index in [9.17, 15) is 4.79 Å². The largest absolute Gasteiger partial charge is 0.356 e. The number of rotatable bonds is 6. The first kappa shape index (κ1) is 21.7. The smallest absolute Gasteiger partial charge is 0.220 e. The summed E-state index contributed by atoms with van der Waals surface area (Å²) >= 11 is 0. The van der Waals surface area contributed by atoms with Crippen LogP contribution in [0.25, 0.3) is 10.9 Å². The molecule has 1 fully saturated rings. The van der Waals surface area contributed by atoms with Crippen LogP contribution in [0, 0.1) is 5.92 Å². The van der Waals surface area contributed by atoms with E-state index in [2.05, 4.69) is 39.9 Å². The first-order chi connectivity index (χ1) is 11.3. The van der Waals surface area contributed by atoms with Crippen LogP contribution in [0.2, 0.25) is 0 Å². The summed E-state index contributed by atoms with van der Waals surface area (Å²) in [4.78, 5) is 16.5. The van der Waals surface area contributed by atoms with Gasteiger partial charge in [-0.25, -0.2) is 0 Å². The fraction of sp³-hybridized carbons (Fsp3) is 0.474. The second-order valence-electron chi connectivity index (χ2n) is 6.32. The van der Waals surface area contributed by atoms with Crippen LogP contribution in [0.3, 0.4) is 0 Å². The summed E-state index contributed by atoms with van der Waals surface area (Å²) in [5, 5.41) is 7.57. The van der Waals surface area contributed by atoms with Crippen molar-refractivity contribution < 1.29 is 4.79 Å². The van der Waals surface area contributed by atoms with Crippen molar-refractivity contribution in [3.63, 3.8) is 0 Å². The summed E-state index contributed by atoms with van der Waals surface area (Å²) in [5.74, 6) is 0.890. The van der Waals surface area contributed by atoms with E-state index in [1.54, 1.807) is 0 Å². The van der Waals surface area contributed by atoms with Gasteiger partial charge in [0.25, 0.3) is 0 Å². The molecule has 1 aliphatic heterocycles. The molecule has 0 unspecified atom stereocenters. The Labute approximate surface area is 162 Å². The number of halogens is 2. The van der Waals surface area contributed by atoms with Gasteiger partial charge in [0.2, 0.25) is 5.91 Å². The fourth-order valence-electron chi connectivity index (χ4n) is 3.30. The molecule has 0 bridgehead atoms. The van der Waals surface area contributed by atoms with Gasteiger partial charge in [0.1, 0.15) is 0 Å².